The van der Waals surface area contributed by atoms with Crippen LogP contribution < -0.4 is 0 Å². The fraction of sp³-hybridized carbons (Fsp3) is 0.400. The second-order valence-corrected chi connectivity index (χ2v) is 4.37. The van der Waals surface area contributed by atoms with Crippen LogP contribution in [-0.2, 0) is 6.42 Å². The van der Waals surface area contributed by atoms with Gasteiger partial charge in [0.25, 0.3) is 0 Å². The Kier molecular flexibility index (Phi) is 3.67. The standard InChI is InChI=1S/C10H11IN2/c1-7(2)5-9-4-3-8(6-12)10(11)13-9/h3-4,7H,5H2,1-2H3. The number of hydrogen-bond donors (Lipinski definition) is 0. The van der Waals surface area contributed by atoms with E-state index in [-0.39, 0.29) is 0 Å². The van der Waals surface area contributed by atoms with Gasteiger partial charge in [-0.25, -0.2) is 4.98 Å². The summed E-state index contributed by atoms with van der Waals surface area (Å²) in [6.07, 6.45) is 0.974. The lowest BCUT2D eigenvalue weighted by Crippen LogP contribution is -1.99. The van der Waals surface area contributed by atoms with E-state index in [1.54, 1.807) is 0 Å². The number of hydrogen-bond acceptors (Lipinski definition) is 2. The normalized spacial score (nSPS) is 10.1. The van der Waals surface area contributed by atoms with Crippen molar-refractivity contribution in [3.63, 3.8) is 0 Å². The Morgan fingerprint density at radius 2 is 2.23 bits per heavy atom. The molecule has 0 unspecified atom stereocenters. The van der Waals surface area contributed by atoms with Crippen molar-refractivity contribution >= 4 is 22.6 Å². The van der Waals surface area contributed by atoms with Crippen LogP contribution >= 0.6 is 22.6 Å². The molecule has 1 rings (SSSR count). The Labute approximate surface area is 92.1 Å². The molecule has 1 heterocycles. The molecule has 0 aliphatic heterocycles. The molecule has 0 fully saturated rings. The third-order valence-corrected chi connectivity index (χ3v) is 2.47. The number of halogens is 1. The summed E-state index contributed by atoms with van der Waals surface area (Å²) >= 11 is 2.10. The van der Waals surface area contributed by atoms with Gasteiger partial charge >= 0.3 is 0 Å². The van der Waals surface area contributed by atoms with Gasteiger partial charge in [0.15, 0.2) is 0 Å². The fourth-order valence-corrected chi connectivity index (χ4v) is 1.70. The number of nitrogens with zero attached hydrogens (tertiary/aromatic N) is 2. The predicted molar refractivity (Wildman–Crippen MR) is 60.2 cm³/mol. The van der Waals surface area contributed by atoms with Crippen molar-refractivity contribution in [3.8, 4) is 6.07 Å². The number of pyridine rings is 1. The summed E-state index contributed by atoms with van der Waals surface area (Å²) in [7, 11) is 0. The van der Waals surface area contributed by atoms with Gasteiger partial charge < -0.3 is 0 Å². The summed E-state index contributed by atoms with van der Waals surface area (Å²) in [5, 5.41) is 8.70. The van der Waals surface area contributed by atoms with E-state index < -0.39 is 0 Å². The van der Waals surface area contributed by atoms with Gasteiger partial charge in [-0.05, 0) is 47.1 Å². The highest BCUT2D eigenvalue weighted by molar-refractivity contribution is 14.1. The molecule has 0 aliphatic rings. The van der Waals surface area contributed by atoms with Crippen molar-refractivity contribution in [1.82, 2.24) is 4.98 Å². The maximum Gasteiger partial charge on any atom is 0.119 e. The molecule has 0 aliphatic carbocycles. The monoisotopic (exact) mass is 286 g/mol. The molecule has 3 heteroatoms. The van der Waals surface area contributed by atoms with E-state index >= 15 is 0 Å². The van der Waals surface area contributed by atoms with Gasteiger partial charge in [-0.1, -0.05) is 13.8 Å². The van der Waals surface area contributed by atoms with Crippen molar-refractivity contribution < 1.29 is 0 Å². The molecule has 68 valence electrons. The maximum absolute atomic E-state index is 8.70. The molecule has 1 aromatic heterocycles. The Bertz CT molecular complexity index is 339. The second-order valence-electron chi connectivity index (χ2n) is 3.35. The number of rotatable bonds is 2. The first-order chi connectivity index (χ1) is 6.13. The van der Waals surface area contributed by atoms with Crippen LogP contribution in [0.5, 0.6) is 0 Å². The highest BCUT2D eigenvalue weighted by atomic mass is 127. The third-order valence-electron chi connectivity index (χ3n) is 1.64. The molecule has 0 saturated carbocycles. The van der Waals surface area contributed by atoms with Crippen LogP contribution in [0.4, 0.5) is 0 Å². The largest absolute Gasteiger partial charge is 0.246 e. The van der Waals surface area contributed by atoms with Crippen LogP contribution in [0.2, 0.25) is 0 Å². The van der Waals surface area contributed by atoms with Crippen LogP contribution in [-0.4, -0.2) is 4.98 Å². The molecule has 0 aromatic carbocycles. The highest BCUT2D eigenvalue weighted by Gasteiger charge is 2.03. The average Bonchev–Trinajstić information content (AvgIpc) is 2.03. The molecule has 0 N–H and O–H groups in total. The van der Waals surface area contributed by atoms with E-state index in [4.69, 9.17) is 5.26 Å². The lowest BCUT2D eigenvalue weighted by Gasteiger charge is -2.04. The van der Waals surface area contributed by atoms with Gasteiger partial charge in [-0.15, -0.1) is 0 Å². The van der Waals surface area contributed by atoms with Gasteiger partial charge in [0.2, 0.25) is 0 Å². The first kappa shape index (κ1) is 10.5. The molecule has 0 saturated heterocycles. The summed E-state index contributed by atoms with van der Waals surface area (Å²) in [5.41, 5.74) is 1.73. The lowest BCUT2D eigenvalue weighted by atomic mass is 10.1. The molecule has 13 heavy (non-hydrogen) atoms. The minimum Gasteiger partial charge on any atom is -0.246 e. The third kappa shape index (κ3) is 2.96. The van der Waals surface area contributed by atoms with E-state index in [0.717, 1.165) is 15.8 Å². The molecule has 0 radical (unpaired) electrons. The van der Waals surface area contributed by atoms with E-state index in [1.807, 2.05) is 12.1 Å². The minimum atomic E-state index is 0.608. The summed E-state index contributed by atoms with van der Waals surface area (Å²) in [6.45, 7) is 4.32. The lowest BCUT2D eigenvalue weighted by molar-refractivity contribution is 0.634. The van der Waals surface area contributed by atoms with E-state index in [0.29, 0.717) is 11.5 Å². The molecule has 0 atom stereocenters. The van der Waals surface area contributed by atoms with E-state index in [9.17, 15) is 0 Å². The molecule has 2 nitrogen and oxygen atoms in total. The second kappa shape index (κ2) is 4.56. The quantitative estimate of drug-likeness (QED) is 0.619. The van der Waals surface area contributed by atoms with E-state index in [1.165, 1.54) is 0 Å². The molecule has 0 bridgehead atoms. The fourth-order valence-electron chi connectivity index (χ4n) is 1.09. The Morgan fingerprint density at radius 3 is 2.69 bits per heavy atom. The zero-order valence-electron chi connectivity index (χ0n) is 7.71. The predicted octanol–water partition coefficient (Wildman–Crippen LogP) is 2.76. The molecule has 0 amide bonds. The van der Waals surface area contributed by atoms with Gasteiger partial charge in [0, 0.05) is 5.69 Å². The van der Waals surface area contributed by atoms with Gasteiger partial charge in [-0.3, -0.25) is 0 Å². The Hall–Kier alpha value is -0.630. The summed E-state index contributed by atoms with van der Waals surface area (Å²) < 4.78 is 0.804. The van der Waals surface area contributed by atoms with Crippen LogP contribution in [0.15, 0.2) is 12.1 Å². The molecular weight excluding hydrogens is 275 g/mol. The zero-order valence-corrected chi connectivity index (χ0v) is 9.87. The topological polar surface area (TPSA) is 36.7 Å². The van der Waals surface area contributed by atoms with Crippen LogP contribution in [0.3, 0.4) is 0 Å². The number of nitriles is 1. The molecule has 0 spiro atoms. The smallest absolute Gasteiger partial charge is 0.119 e. The van der Waals surface area contributed by atoms with E-state index in [2.05, 4.69) is 47.5 Å². The maximum atomic E-state index is 8.70. The Balaban J connectivity index is 2.91. The van der Waals surface area contributed by atoms with Crippen molar-refractivity contribution in [2.24, 2.45) is 5.92 Å². The van der Waals surface area contributed by atoms with Gasteiger partial charge in [0.05, 0.1) is 5.56 Å². The first-order valence-corrected chi connectivity index (χ1v) is 5.27. The summed E-state index contributed by atoms with van der Waals surface area (Å²) in [6, 6.07) is 5.88. The first-order valence-electron chi connectivity index (χ1n) is 4.19. The SMILES string of the molecule is CC(C)Cc1ccc(C#N)c(I)n1. The van der Waals surface area contributed by atoms with Crippen molar-refractivity contribution in [2.75, 3.05) is 0 Å². The van der Waals surface area contributed by atoms with Crippen molar-refractivity contribution in [2.45, 2.75) is 20.3 Å². The molecular formula is C10H11IN2. The van der Waals surface area contributed by atoms with Crippen molar-refractivity contribution in [3.05, 3.63) is 27.1 Å². The Morgan fingerprint density at radius 1 is 1.54 bits per heavy atom. The molecule has 1 aromatic rings. The number of aromatic nitrogens is 1. The van der Waals surface area contributed by atoms with Gasteiger partial charge in [-0.2, -0.15) is 5.26 Å². The van der Waals surface area contributed by atoms with Crippen molar-refractivity contribution in [1.29, 1.82) is 5.26 Å². The highest BCUT2D eigenvalue weighted by Crippen LogP contribution is 2.12. The summed E-state index contributed by atoms with van der Waals surface area (Å²) in [5.74, 6) is 0.608. The van der Waals surface area contributed by atoms with Gasteiger partial charge in [0.1, 0.15) is 9.77 Å². The summed E-state index contributed by atoms with van der Waals surface area (Å²) in [4.78, 5) is 4.35. The zero-order chi connectivity index (χ0) is 9.84. The van der Waals surface area contributed by atoms with Crippen LogP contribution in [0, 0.1) is 20.9 Å². The van der Waals surface area contributed by atoms with Crippen LogP contribution in [0.1, 0.15) is 25.1 Å². The van der Waals surface area contributed by atoms with Crippen LogP contribution in [0.25, 0.3) is 0 Å². The minimum absolute atomic E-state index is 0.608. The average molecular weight is 286 g/mol.